The summed E-state index contributed by atoms with van der Waals surface area (Å²) in [6.45, 7) is 0.996. The third-order valence-electron chi connectivity index (χ3n) is 4.18. The first-order valence-corrected chi connectivity index (χ1v) is 7.67. The van der Waals surface area contributed by atoms with E-state index in [4.69, 9.17) is 16.3 Å². The van der Waals surface area contributed by atoms with Crippen molar-refractivity contribution in [2.24, 2.45) is 0 Å². The molecule has 0 saturated carbocycles. The lowest BCUT2D eigenvalue weighted by Gasteiger charge is -2.23. The van der Waals surface area contributed by atoms with E-state index in [2.05, 4.69) is 34.9 Å². The van der Waals surface area contributed by atoms with Crippen LogP contribution in [0.5, 0.6) is 0 Å². The highest BCUT2D eigenvalue weighted by Crippen LogP contribution is 2.37. The monoisotopic (exact) mass is 300 g/mol. The molecule has 108 valence electrons. The topological polar surface area (TPSA) is 33.3 Å². The number of nitrogens with one attached hydrogen (secondary N) is 2. The zero-order chi connectivity index (χ0) is 14.2. The zero-order valence-corrected chi connectivity index (χ0v) is 12.3. The number of rotatable bonds is 3. The zero-order valence-electron chi connectivity index (χ0n) is 11.6. The van der Waals surface area contributed by atoms with E-state index >= 15 is 0 Å². The van der Waals surface area contributed by atoms with Gasteiger partial charge in [-0.05, 0) is 42.3 Å². The molecule has 0 amide bonds. The largest absolute Gasteiger partial charge is 0.367 e. The van der Waals surface area contributed by atoms with Gasteiger partial charge in [0.25, 0.3) is 0 Å². The van der Waals surface area contributed by atoms with E-state index in [1.807, 2.05) is 24.3 Å². The van der Waals surface area contributed by atoms with Gasteiger partial charge in [-0.2, -0.15) is 0 Å². The highest BCUT2D eigenvalue weighted by atomic mass is 35.5. The second kappa shape index (κ2) is 5.34. The molecule has 0 aromatic heterocycles. The van der Waals surface area contributed by atoms with Crippen LogP contribution in [0.3, 0.4) is 0 Å². The number of anilines is 2. The highest BCUT2D eigenvalue weighted by Gasteiger charge is 2.41. The van der Waals surface area contributed by atoms with Gasteiger partial charge in [0, 0.05) is 29.0 Å². The molecule has 4 rings (SSSR count). The summed E-state index contributed by atoms with van der Waals surface area (Å²) < 4.78 is 6.02. The van der Waals surface area contributed by atoms with Crippen LogP contribution in [0.4, 0.5) is 11.4 Å². The van der Waals surface area contributed by atoms with Crippen LogP contribution in [0.25, 0.3) is 0 Å². The van der Waals surface area contributed by atoms with Crippen molar-refractivity contribution >= 4 is 23.0 Å². The maximum Gasteiger partial charge on any atom is 0.0983 e. The molecule has 4 heteroatoms. The quantitative estimate of drug-likeness (QED) is 0.902. The van der Waals surface area contributed by atoms with Gasteiger partial charge in [0.05, 0.1) is 12.2 Å². The average molecular weight is 301 g/mol. The van der Waals surface area contributed by atoms with E-state index in [0.717, 1.165) is 29.4 Å². The Bertz CT molecular complexity index is 643. The minimum atomic E-state index is 0.198. The van der Waals surface area contributed by atoms with Gasteiger partial charge in [-0.25, -0.2) is 0 Å². The van der Waals surface area contributed by atoms with Crippen molar-refractivity contribution < 1.29 is 4.74 Å². The predicted octanol–water partition coefficient (Wildman–Crippen LogP) is 3.89. The first kappa shape index (κ1) is 13.1. The molecule has 2 aliphatic heterocycles. The van der Waals surface area contributed by atoms with Gasteiger partial charge >= 0.3 is 0 Å². The summed E-state index contributed by atoms with van der Waals surface area (Å²) in [6, 6.07) is 16.7. The molecule has 2 bridgehead atoms. The van der Waals surface area contributed by atoms with Crippen molar-refractivity contribution in [3.63, 3.8) is 0 Å². The third-order valence-corrected chi connectivity index (χ3v) is 4.42. The first-order chi connectivity index (χ1) is 10.3. The minimum Gasteiger partial charge on any atom is -0.367 e. The number of fused-ring (bicyclic) bond motifs is 2. The summed E-state index contributed by atoms with van der Waals surface area (Å²) in [5.41, 5.74) is 3.29. The number of ether oxygens (including phenoxy) is 1. The Morgan fingerprint density at radius 1 is 1.10 bits per heavy atom. The Labute approximate surface area is 129 Å². The Balaban J connectivity index is 1.49. The van der Waals surface area contributed by atoms with Crippen LogP contribution in [0.1, 0.15) is 18.1 Å². The fraction of sp³-hybridized carbons (Fsp3) is 0.294. The van der Waals surface area contributed by atoms with E-state index in [0.29, 0.717) is 12.1 Å². The van der Waals surface area contributed by atoms with Crippen LogP contribution in [0, 0.1) is 0 Å². The molecule has 0 spiro atoms. The minimum absolute atomic E-state index is 0.198. The Hall–Kier alpha value is -1.55. The van der Waals surface area contributed by atoms with Crippen molar-refractivity contribution in [2.45, 2.75) is 24.7 Å². The molecular formula is C17H17ClN2O. The predicted molar refractivity (Wildman–Crippen MR) is 85.2 cm³/mol. The van der Waals surface area contributed by atoms with E-state index in [1.165, 1.54) is 5.56 Å². The average Bonchev–Trinajstić information content (AvgIpc) is 3.11. The fourth-order valence-electron chi connectivity index (χ4n) is 3.17. The number of morpholine rings is 1. The summed E-state index contributed by atoms with van der Waals surface area (Å²) in [5, 5.41) is 7.60. The standard InChI is InChI=1S/C17H17ClN2O/c18-12-2-1-3-14(8-12)20-13-6-4-11(5-7-13)17-16-9-15(21-17)10-19-16/h1-8,15-17,19-20H,9-10H2. The highest BCUT2D eigenvalue weighted by molar-refractivity contribution is 6.30. The Kier molecular flexibility index (Phi) is 3.34. The maximum absolute atomic E-state index is 6.02. The van der Waals surface area contributed by atoms with Gasteiger partial charge in [-0.15, -0.1) is 0 Å². The molecule has 2 N–H and O–H groups in total. The van der Waals surface area contributed by atoms with Crippen molar-refractivity contribution in [1.82, 2.24) is 5.32 Å². The molecule has 3 nitrogen and oxygen atoms in total. The lowest BCUT2D eigenvalue weighted by atomic mass is 10.0. The first-order valence-electron chi connectivity index (χ1n) is 7.29. The normalized spacial score (nSPS) is 27.0. The summed E-state index contributed by atoms with van der Waals surface area (Å²) >= 11 is 6.00. The lowest BCUT2D eigenvalue weighted by molar-refractivity contribution is 0.0160. The van der Waals surface area contributed by atoms with Gasteiger partial charge in [0.2, 0.25) is 0 Å². The van der Waals surface area contributed by atoms with Gasteiger partial charge < -0.3 is 15.4 Å². The molecule has 2 saturated heterocycles. The molecule has 2 heterocycles. The molecule has 2 aromatic rings. The Morgan fingerprint density at radius 3 is 2.62 bits per heavy atom. The number of halogens is 1. The number of benzene rings is 2. The Morgan fingerprint density at radius 2 is 1.95 bits per heavy atom. The van der Waals surface area contributed by atoms with Gasteiger partial charge in [0.15, 0.2) is 0 Å². The SMILES string of the molecule is Clc1cccc(Nc2ccc(C3OC4CNC3C4)cc2)c1. The van der Waals surface area contributed by atoms with Crippen molar-refractivity contribution in [3.05, 3.63) is 59.1 Å². The number of hydrogen-bond acceptors (Lipinski definition) is 3. The molecule has 3 unspecified atom stereocenters. The van der Waals surface area contributed by atoms with Crippen molar-refractivity contribution in [2.75, 3.05) is 11.9 Å². The molecule has 0 radical (unpaired) electrons. The molecule has 2 fully saturated rings. The van der Waals surface area contributed by atoms with Crippen LogP contribution in [0.2, 0.25) is 5.02 Å². The molecule has 2 aromatic carbocycles. The number of hydrogen-bond donors (Lipinski definition) is 2. The summed E-state index contributed by atoms with van der Waals surface area (Å²) in [6.07, 6.45) is 1.72. The van der Waals surface area contributed by atoms with Crippen molar-refractivity contribution in [3.8, 4) is 0 Å². The summed E-state index contributed by atoms with van der Waals surface area (Å²) in [4.78, 5) is 0. The summed E-state index contributed by atoms with van der Waals surface area (Å²) in [7, 11) is 0. The van der Waals surface area contributed by atoms with Crippen LogP contribution < -0.4 is 10.6 Å². The van der Waals surface area contributed by atoms with Gasteiger partial charge in [-0.3, -0.25) is 0 Å². The molecule has 21 heavy (non-hydrogen) atoms. The lowest BCUT2D eigenvalue weighted by Crippen LogP contribution is -2.33. The van der Waals surface area contributed by atoms with E-state index in [-0.39, 0.29) is 6.10 Å². The van der Waals surface area contributed by atoms with Crippen molar-refractivity contribution in [1.29, 1.82) is 0 Å². The fourth-order valence-corrected chi connectivity index (χ4v) is 3.36. The van der Waals surface area contributed by atoms with Crippen LogP contribution in [-0.4, -0.2) is 18.7 Å². The second-order valence-electron chi connectivity index (χ2n) is 5.69. The van der Waals surface area contributed by atoms with Crippen LogP contribution in [0.15, 0.2) is 48.5 Å². The van der Waals surface area contributed by atoms with Gasteiger partial charge in [-0.1, -0.05) is 29.8 Å². The summed E-state index contributed by atoms with van der Waals surface area (Å²) in [5.74, 6) is 0. The van der Waals surface area contributed by atoms with Gasteiger partial charge in [0.1, 0.15) is 0 Å². The molecular weight excluding hydrogens is 284 g/mol. The maximum atomic E-state index is 6.02. The molecule has 2 aliphatic rings. The van der Waals surface area contributed by atoms with Crippen LogP contribution in [-0.2, 0) is 4.74 Å². The molecule has 3 atom stereocenters. The van der Waals surface area contributed by atoms with E-state index < -0.39 is 0 Å². The van der Waals surface area contributed by atoms with Crippen LogP contribution >= 0.6 is 11.6 Å². The smallest absolute Gasteiger partial charge is 0.0983 e. The third kappa shape index (κ3) is 2.64. The van der Waals surface area contributed by atoms with E-state index in [9.17, 15) is 0 Å². The molecule has 0 aliphatic carbocycles. The second-order valence-corrected chi connectivity index (χ2v) is 6.12. The van der Waals surface area contributed by atoms with E-state index in [1.54, 1.807) is 0 Å².